The molecule has 2 heteroatoms. The molecule has 0 heterocycles. The van der Waals surface area contributed by atoms with E-state index < -0.39 is 0 Å². The van der Waals surface area contributed by atoms with Gasteiger partial charge in [0.05, 0.1) is 0 Å². The normalized spacial score (nSPS) is 14.5. The first-order valence-corrected chi connectivity index (χ1v) is 7.81. The summed E-state index contributed by atoms with van der Waals surface area (Å²) in [7, 11) is 2.06. The van der Waals surface area contributed by atoms with E-state index in [0.717, 1.165) is 4.47 Å². The molecule has 0 aliphatic carbocycles. The summed E-state index contributed by atoms with van der Waals surface area (Å²) >= 11 is 3.52. The van der Waals surface area contributed by atoms with Crippen molar-refractivity contribution in [3.63, 3.8) is 0 Å². The Morgan fingerprint density at radius 2 is 1.79 bits per heavy atom. The maximum absolute atomic E-state index is 3.52. The van der Waals surface area contributed by atoms with Gasteiger partial charge in [-0.1, -0.05) is 54.4 Å². The van der Waals surface area contributed by atoms with Crippen molar-refractivity contribution < 1.29 is 0 Å². The van der Waals surface area contributed by atoms with E-state index in [-0.39, 0.29) is 0 Å². The van der Waals surface area contributed by atoms with E-state index in [2.05, 4.69) is 78.5 Å². The Balaban J connectivity index is 2.35. The number of nitrogens with one attached hydrogen (secondary N) is 1. The van der Waals surface area contributed by atoms with Gasteiger partial charge in [-0.2, -0.15) is 0 Å². The Hall–Kier alpha value is -0.860. The molecule has 2 rings (SSSR count). The van der Waals surface area contributed by atoms with Gasteiger partial charge in [-0.25, -0.2) is 0 Å². The van der Waals surface area contributed by atoms with E-state index in [1.807, 2.05) is 0 Å². The first-order valence-electron chi connectivity index (χ1n) is 7.02. The fourth-order valence-corrected chi connectivity index (χ4v) is 3.21. The van der Waals surface area contributed by atoms with E-state index in [9.17, 15) is 0 Å². The van der Waals surface area contributed by atoms with E-state index in [1.165, 1.54) is 29.2 Å². The molecule has 0 amide bonds. The summed E-state index contributed by atoms with van der Waals surface area (Å²) in [5, 5.41) is 6.07. The monoisotopic (exact) mass is 319 g/mol. The molecular weight excluding hydrogens is 298 g/mol. The third kappa shape index (κ3) is 3.37. The quantitative estimate of drug-likeness (QED) is 0.788. The maximum Gasteiger partial charge on any atom is 0.0343 e. The summed E-state index contributed by atoms with van der Waals surface area (Å²) in [5.41, 5.74) is 1.39. The van der Waals surface area contributed by atoms with Crippen molar-refractivity contribution in [2.45, 2.75) is 32.7 Å². The van der Waals surface area contributed by atoms with Gasteiger partial charge in [0.1, 0.15) is 0 Å². The lowest BCUT2D eigenvalue weighted by atomic mass is 9.90. The van der Waals surface area contributed by atoms with Crippen LogP contribution in [0.2, 0.25) is 0 Å². The van der Waals surface area contributed by atoms with Gasteiger partial charge in [-0.15, -0.1) is 0 Å². The van der Waals surface area contributed by atoms with Crippen LogP contribution in [0.1, 0.15) is 38.3 Å². The molecular formula is C17H22BrN. The first-order chi connectivity index (χ1) is 9.15. The molecule has 0 radical (unpaired) electrons. The Morgan fingerprint density at radius 3 is 2.47 bits per heavy atom. The Morgan fingerprint density at radius 1 is 1.11 bits per heavy atom. The van der Waals surface area contributed by atoms with Crippen molar-refractivity contribution in [3.8, 4) is 0 Å². The molecule has 1 nitrogen and oxygen atoms in total. The lowest BCUT2D eigenvalue weighted by Crippen LogP contribution is -2.23. The van der Waals surface area contributed by atoms with Crippen LogP contribution in [0.3, 0.4) is 0 Å². The second kappa shape index (κ2) is 6.53. The standard InChI is InChI=1S/C17H22BrN/c1-4-5-12(2)17(19-3)15-7-6-14-11-16(18)9-8-13(14)10-15/h6-12,17,19H,4-5H2,1-3H3. The highest BCUT2D eigenvalue weighted by atomic mass is 79.9. The van der Waals surface area contributed by atoms with Crippen LogP contribution < -0.4 is 5.32 Å². The summed E-state index contributed by atoms with van der Waals surface area (Å²) in [4.78, 5) is 0. The molecule has 1 N–H and O–H groups in total. The minimum absolute atomic E-state index is 0.438. The van der Waals surface area contributed by atoms with Crippen LogP contribution in [0, 0.1) is 5.92 Å². The summed E-state index contributed by atoms with van der Waals surface area (Å²) in [6.07, 6.45) is 2.49. The molecule has 0 saturated carbocycles. The molecule has 0 spiro atoms. The van der Waals surface area contributed by atoms with Crippen LogP contribution >= 0.6 is 15.9 Å². The van der Waals surface area contributed by atoms with E-state index in [4.69, 9.17) is 0 Å². The van der Waals surface area contributed by atoms with Crippen LogP contribution in [0.5, 0.6) is 0 Å². The van der Waals surface area contributed by atoms with Gasteiger partial charge in [-0.05, 0) is 53.9 Å². The predicted octanol–water partition coefficient (Wildman–Crippen LogP) is 5.30. The Labute approximate surface area is 124 Å². The molecule has 0 aromatic heterocycles. The van der Waals surface area contributed by atoms with E-state index in [1.54, 1.807) is 0 Å². The first kappa shape index (κ1) is 14.5. The molecule has 0 saturated heterocycles. The van der Waals surface area contributed by atoms with Gasteiger partial charge in [0.25, 0.3) is 0 Å². The topological polar surface area (TPSA) is 12.0 Å². The SMILES string of the molecule is CCCC(C)C(NC)c1ccc2cc(Br)ccc2c1. The highest BCUT2D eigenvalue weighted by Crippen LogP contribution is 2.28. The highest BCUT2D eigenvalue weighted by molar-refractivity contribution is 9.10. The number of rotatable bonds is 5. The lowest BCUT2D eigenvalue weighted by molar-refractivity contribution is 0.384. The number of benzene rings is 2. The van der Waals surface area contributed by atoms with Crippen LogP contribution in [0.15, 0.2) is 40.9 Å². The molecule has 2 aromatic carbocycles. The zero-order valence-electron chi connectivity index (χ0n) is 11.9. The smallest absolute Gasteiger partial charge is 0.0343 e. The Bertz CT molecular complexity index is 550. The number of hydrogen-bond acceptors (Lipinski definition) is 1. The minimum Gasteiger partial charge on any atom is -0.313 e. The molecule has 0 bridgehead atoms. The fourth-order valence-electron chi connectivity index (χ4n) is 2.83. The summed E-state index contributed by atoms with van der Waals surface area (Å²) in [6, 6.07) is 13.7. The van der Waals surface area contributed by atoms with Crippen molar-refractivity contribution in [1.29, 1.82) is 0 Å². The molecule has 0 fully saturated rings. The largest absolute Gasteiger partial charge is 0.313 e. The average molecular weight is 320 g/mol. The third-order valence-electron chi connectivity index (χ3n) is 3.81. The predicted molar refractivity (Wildman–Crippen MR) is 87.5 cm³/mol. The lowest BCUT2D eigenvalue weighted by Gasteiger charge is -2.24. The van der Waals surface area contributed by atoms with Crippen molar-refractivity contribution in [1.82, 2.24) is 5.32 Å². The van der Waals surface area contributed by atoms with Crippen LogP contribution in [-0.4, -0.2) is 7.05 Å². The zero-order chi connectivity index (χ0) is 13.8. The van der Waals surface area contributed by atoms with Crippen molar-refractivity contribution >= 4 is 26.7 Å². The molecule has 2 aromatic rings. The van der Waals surface area contributed by atoms with E-state index in [0.29, 0.717) is 12.0 Å². The molecule has 2 unspecified atom stereocenters. The Kier molecular flexibility index (Phi) is 5.00. The van der Waals surface area contributed by atoms with E-state index >= 15 is 0 Å². The van der Waals surface area contributed by atoms with Gasteiger partial charge in [0.15, 0.2) is 0 Å². The molecule has 0 aliphatic heterocycles. The zero-order valence-corrected chi connectivity index (χ0v) is 13.5. The average Bonchev–Trinajstić information content (AvgIpc) is 2.40. The van der Waals surface area contributed by atoms with Crippen molar-refractivity contribution in [2.75, 3.05) is 7.05 Å². The number of hydrogen-bond donors (Lipinski definition) is 1. The number of fused-ring (bicyclic) bond motifs is 1. The van der Waals surface area contributed by atoms with Crippen molar-refractivity contribution in [3.05, 3.63) is 46.4 Å². The number of halogens is 1. The summed E-state index contributed by atoms with van der Waals surface area (Å²) in [5.74, 6) is 0.655. The van der Waals surface area contributed by atoms with Gasteiger partial charge in [-0.3, -0.25) is 0 Å². The van der Waals surface area contributed by atoms with Gasteiger partial charge >= 0.3 is 0 Å². The molecule has 102 valence electrons. The molecule has 19 heavy (non-hydrogen) atoms. The highest BCUT2D eigenvalue weighted by Gasteiger charge is 2.16. The minimum atomic E-state index is 0.438. The third-order valence-corrected chi connectivity index (χ3v) is 4.30. The second-order valence-electron chi connectivity index (χ2n) is 5.28. The summed E-state index contributed by atoms with van der Waals surface area (Å²) < 4.78 is 1.14. The fraction of sp³-hybridized carbons (Fsp3) is 0.412. The van der Waals surface area contributed by atoms with Crippen LogP contribution in [0.4, 0.5) is 0 Å². The molecule has 0 aliphatic rings. The second-order valence-corrected chi connectivity index (χ2v) is 6.20. The molecule has 2 atom stereocenters. The van der Waals surface area contributed by atoms with Crippen LogP contribution in [-0.2, 0) is 0 Å². The maximum atomic E-state index is 3.52. The summed E-state index contributed by atoms with van der Waals surface area (Å²) in [6.45, 7) is 4.58. The van der Waals surface area contributed by atoms with Gasteiger partial charge in [0, 0.05) is 10.5 Å². The van der Waals surface area contributed by atoms with Gasteiger partial charge in [0.2, 0.25) is 0 Å². The van der Waals surface area contributed by atoms with Gasteiger partial charge < -0.3 is 5.32 Å². The van der Waals surface area contributed by atoms with Crippen LogP contribution in [0.25, 0.3) is 10.8 Å². The van der Waals surface area contributed by atoms with Crippen molar-refractivity contribution in [2.24, 2.45) is 5.92 Å².